The Hall–Kier alpha value is -3.20. The largest absolute Gasteiger partial charge is 0.467 e. The van der Waals surface area contributed by atoms with Crippen molar-refractivity contribution in [2.45, 2.75) is 69.0 Å². The van der Waals surface area contributed by atoms with Gasteiger partial charge >= 0.3 is 0 Å². The van der Waals surface area contributed by atoms with Gasteiger partial charge in [-0.2, -0.15) is 4.72 Å². The van der Waals surface area contributed by atoms with Crippen LogP contribution in [0.5, 0.6) is 0 Å². The highest BCUT2D eigenvalue weighted by molar-refractivity contribution is 7.89. The normalized spacial score (nSPS) is 15.0. The zero-order chi connectivity index (χ0) is 27.1. The molecule has 1 atom stereocenters. The molecule has 204 valence electrons. The van der Waals surface area contributed by atoms with Crippen LogP contribution >= 0.6 is 11.3 Å². The lowest BCUT2D eigenvalue weighted by molar-refractivity contribution is -0.134. The number of sulfonamides is 1. The van der Waals surface area contributed by atoms with Gasteiger partial charge in [-0.05, 0) is 78.1 Å². The lowest BCUT2D eigenvalue weighted by atomic mass is 10.00. The third-order valence-corrected chi connectivity index (χ3v) is 9.48. The van der Waals surface area contributed by atoms with Crippen LogP contribution < -0.4 is 4.72 Å². The summed E-state index contributed by atoms with van der Waals surface area (Å²) < 4.78 is 35.9. The molecular weight excluding hydrogens is 528 g/mol. The first-order valence-electron chi connectivity index (χ1n) is 13.5. The summed E-state index contributed by atoms with van der Waals surface area (Å²) >= 11 is 1.55. The summed E-state index contributed by atoms with van der Waals surface area (Å²) in [7, 11) is -3.99. The molecule has 0 saturated heterocycles. The van der Waals surface area contributed by atoms with Gasteiger partial charge in [-0.15, -0.1) is 11.3 Å². The van der Waals surface area contributed by atoms with E-state index in [9.17, 15) is 13.2 Å². The predicted octanol–water partition coefficient (Wildman–Crippen LogP) is 6.64. The number of amides is 1. The highest BCUT2D eigenvalue weighted by Crippen LogP contribution is 2.26. The number of aryl methyl sites for hydroxylation is 2. The molecule has 0 spiro atoms. The fourth-order valence-electron chi connectivity index (χ4n) is 5.11. The third-order valence-electron chi connectivity index (χ3n) is 7.20. The second-order valence-corrected chi connectivity index (χ2v) is 12.8. The average Bonchev–Trinajstić information content (AvgIpc) is 3.67. The number of nitrogens with one attached hydrogen (secondary N) is 1. The van der Waals surface area contributed by atoms with Crippen LogP contribution in [0.15, 0.2) is 93.8 Å². The predicted molar refractivity (Wildman–Crippen MR) is 154 cm³/mol. The Kier molecular flexibility index (Phi) is 8.96. The quantitative estimate of drug-likeness (QED) is 0.248. The molecule has 4 aromatic rings. The van der Waals surface area contributed by atoms with Crippen LogP contribution in [0.3, 0.4) is 0 Å². The Morgan fingerprint density at radius 1 is 0.872 bits per heavy atom. The third kappa shape index (κ3) is 7.06. The highest BCUT2D eigenvalue weighted by Gasteiger charge is 2.32. The molecule has 1 unspecified atom stereocenters. The van der Waals surface area contributed by atoms with Crippen LogP contribution in [0.25, 0.3) is 0 Å². The molecule has 2 aromatic heterocycles. The first-order chi connectivity index (χ1) is 19.0. The fourth-order valence-corrected chi connectivity index (χ4v) is 7.06. The van der Waals surface area contributed by atoms with E-state index in [1.807, 2.05) is 53.9 Å². The summed E-state index contributed by atoms with van der Waals surface area (Å²) in [6, 6.07) is 20.9. The number of hydrogen-bond acceptors (Lipinski definition) is 5. The van der Waals surface area contributed by atoms with E-state index in [0.717, 1.165) is 42.5 Å². The van der Waals surface area contributed by atoms with Crippen molar-refractivity contribution in [3.8, 4) is 0 Å². The summed E-state index contributed by atoms with van der Waals surface area (Å²) in [6.45, 7) is 0.578. The van der Waals surface area contributed by atoms with Crippen molar-refractivity contribution in [3.63, 3.8) is 0 Å². The molecule has 1 amide bonds. The van der Waals surface area contributed by atoms with Gasteiger partial charge in [0.1, 0.15) is 11.8 Å². The number of carbonyl (C=O) groups excluding carboxylic acids is 1. The SMILES string of the molecule is O=C(C(NS(=O)(=O)c1ccc2c(c1)CCCCCCC2)c1ccccc1)N(Cc1ccco1)Cc1cccs1. The number of benzene rings is 2. The molecule has 1 aliphatic rings. The number of fused-ring (bicyclic) bond motifs is 1. The van der Waals surface area contributed by atoms with Gasteiger partial charge in [0.25, 0.3) is 0 Å². The van der Waals surface area contributed by atoms with Crippen LogP contribution in [-0.2, 0) is 40.7 Å². The summed E-state index contributed by atoms with van der Waals surface area (Å²) in [5.74, 6) is 0.296. The Morgan fingerprint density at radius 2 is 1.64 bits per heavy atom. The van der Waals surface area contributed by atoms with Crippen molar-refractivity contribution in [1.82, 2.24) is 9.62 Å². The molecule has 0 fully saturated rings. The molecule has 0 radical (unpaired) electrons. The van der Waals surface area contributed by atoms with Crippen molar-refractivity contribution in [1.29, 1.82) is 0 Å². The van der Waals surface area contributed by atoms with Crippen LogP contribution in [0.1, 0.15) is 65.5 Å². The van der Waals surface area contributed by atoms with E-state index < -0.39 is 16.1 Å². The minimum atomic E-state index is -3.99. The van der Waals surface area contributed by atoms with Crippen molar-refractivity contribution in [2.75, 3.05) is 0 Å². The number of rotatable bonds is 9. The van der Waals surface area contributed by atoms with Gasteiger partial charge in [0.2, 0.25) is 15.9 Å². The van der Waals surface area contributed by atoms with Gasteiger partial charge in [0.15, 0.2) is 0 Å². The summed E-state index contributed by atoms with van der Waals surface area (Å²) in [6.07, 6.45) is 9.19. The minimum absolute atomic E-state index is 0.199. The van der Waals surface area contributed by atoms with Gasteiger partial charge in [-0.1, -0.05) is 61.7 Å². The topological polar surface area (TPSA) is 79.6 Å². The van der Waals surface area contributed by atoms with E-state index >= 15 is 0 Å². The standard InChI is InChI=1S/C31H34N2O4S2/c34-31(33(22-27-15-9-19-37-27)23-28-16-10-20-38-28)30(25-12-7-4-8-13-25)32-39(35,36)29-18-17-24-11-5-2-1-3-6-14-26(24)21-29/h4,7-10,12-13,15-21,30,32H,1-3,5-6,11,14,22-23H2. The van der Waals surface area contributed by atoms with Crippen LogP contribution in [0.2, 0.25) is 0 Å². The van der Waals surface area contributed by atoms with Crippen molar-refractivity contribution in [3.05, 3.63) is 112 Å². The lowest BCUT2D eigenvalue weighted by Crippen LogP contribution is -2.42. The van der Waals surface area contributed by atoms with E-state index in [1.165, 1.54) is 18.4 Å². The number of hydrogen-bond donors (Lipinski definition) is 1. The van der Waals surface area contributed by atoms with Crippen molar-refractivity contribution >= 4 is 27.3 Å². The summed E-state index contributed by atoms with van der Waals surface area (Å²) in [5, 5.41) is 1.96. The van der Waals surface area contributed by atoms with Gasteiger partial charge in [-0.3, -0.25) is 4.79 Å². The number of thiophene rings is 1. The van der Waals surface area contributed by atoms with Crippen LogP contribution in [-0.4, -0.2) is 19.2 Å². The minimum Gasteiger partial charge on any atom is -0.467 e. The molecule has 2 heterocycles. The van der Waals surface area contributed by atoms with Crippen LogP contribution in [0.4, 0.5) is 0 Å². The second-order valence-electron chi connectivity index (χ2n) is 10.0. The van der Waals surface area contributed by atoms with Gasteiger partial charge in [0, 0.05) is 4.88 Å². The molecule has 0 aliphatic heterocycles. The maximum atomic E-state index is 14.1. The molecule has 0 saturated carbocycles. The van der Waals surface area contributed by atoms with Gasteiger partial charge < -0.3 is 9.32 Å². The van der Waals surface area contributed by atoms with E-state index in [1.54, 1.807) is 46.8 Å². The number of carbonyl (C=O) groups is 1. The van der Waals surface area contributed by atoms with Crippen LogP contribution in [0, 0.1) is 0 Å². The molecule has 5 rings (SSSR count). The van der Waals surface area contributed by atoms with Gasteiger partial charge in [0.05, 0.1) is 24.2 Å². The van der Waals surface area contributed by atoms with Crippen molar-refractivity contribution in [2.24, 2.45) is 0 Å². The molecule has 1 aliphatic carbocycles. The molecule has 39 heavy (non-hydrogen) atoms. The molecule has 6 nitrogen and oxygen atoms in total. The summed E-state index contributed by atoms with van der Waals surface area (Å²) in [5.41, 5.74) is 2.91. The highest BCUT2D eigenvalue weighted by atomic mass is 32.2. The number of furan rings is 1. The Balaban J connectivity index is 1.46. The zero-order valence-electron chi connectivity index (χ0n) is 21.9. The molecule has 0 bridgehead atoms. The average molecular weight is 563 g/mol. The molecular formula is C31H34N2O4S2. The Bertz CT molecular complexity index is 1410. The van der Waals surface area contributed by atoms with Crippen molar-refractivity contribution < 1.29 is 17.6 Å². The molecule has 2 aromatic carbocycles. The lowest BCUT2D eigenvalue weighted by Gasteiger charge is -2.27. The summed E-state index contributed by atoms with van der Waals surface area (Å²) in [4.78, 5) is 17.0. The molecule has 8 heteroatoms. The molecule has 1 N–H and O–H groups in total. The van der Waals surface area contributed by atoms with E-state index in [2.05, 4.69) is 4.72 Å². The maximum Gasteiger partial charge on any atom is 0.246 e. The second kappa shape index (κ2) is 12.8. The van der Waals surface area contributed by atoms with E-state index in [-0.39, 0.29) is 17.3 Å². The smallest absolute Gasteiger partial charge is 0.246 e. The van der Waals surface area contributed by atoms with E-state index in [0.29, 0.717) is 17.9 Å². The Labute approximate surface area is 234 Å². The monoisotopic (exact) mass is 562 g/mol. The number of nitrogens with zero attached hydrogens (tertiary/aromatic N) is 1. The fraction of sp³-hybridized carbons (Fsp3) is 0.323. The Morgan fingerprint density at radius 3 is 2.36 bits per heavy atom. The zero-order valence-corrected chi connectivity index (χ0v) is 23.6. The van der Waals surface area contributed by atoms with E-state index in [4.69, 9.17) is 4.42 Å². The first-order valence-corrected chi connectivity index (χ1v) is 15.9. The first kappa shape index (κ1) is 27.4. The van der Waals surface area contributed by atoms with Gasteiger partial charge in [-0.25, -0.2) is 8.42 Å². The maximum absolute atomic E-state index is 14.1.